The van der Waals surface area contributed by atoms with E-state index >= 15 is 0 Å². The van der Waals surface area contributed by atoms with Gasteiger partial charge in [-0.1, -0.05) is 206 Å². The van der Waals surface area contributed by atoms with Crippen molar-refractivity contribution >= 4 is 5.91 Å². The van der Waals surface area contributed by atoms with E-state index in [2.05, 4.69) is 19.2 Å². The Hall–Kier alpha value is -1.15. The molecule has 1 saturated heterocycles. The molecule has 1 aliphatic heterocycles. The van der Waals surface area contributed by atoms with Crippen molar-refractivity contribution in [2.45, 2.75) is 274 Å². The van der Waals surface area contributed by atoms with Gasteiger partial charge in [0.05, 0.1) is 25.4 Å². The second-order valence-electron chi connectivity index (χ2n) is 17.5. The van der Waals surface area contributed by atoms with Gasteiger partial charge < -0.3 is 50.5 Å². The zero-order valence-electron chi connectivity index (χ0n) is 37.7. The smallest absolute Gasteiger partial charge is 0.249 e. The van der Waals surface area contributed by atoms with Crippen LogP contribution in [-0.4, -0.2) is 110 Å². The highest BCUT2D eigenvalue weighted by atomic mass is 16.7. The molecule has 1 heterocycles. The lowest BCUT2D eigenvalue weighted by molar-refractivity contribution is -0.303. The molecule has 9 atom stereocenters. The Morgan fingerprint density at radius 1 is 0.593 bits per heavy atom. The number of carbonyl (C=O) groups is 1. The molecule has 8 N–H and O–H groups in total. The second kappa shape index (κ2) is 38.5. The maximum Gasteiger partial charge on any atom is 0.249 e. The van der Waals surface area contributed by atoms with Crippen LogP contribution in [0.3, 0.4) is 0 Å². The number of amides is 1. The van der Waals surface area contributed by atoms with Gasteiger partial charge in [-0.2, -0.15) is 0 Å². The van der Waals surface area contributed by atoms with Crippen molar-refractivity contribution in [3.63, 3.8) is 0 Å². The van der Waals surface area contributed by atoms with Crippen LogP contribution in [0.5, 0.6) is 0 Å². The number of aliphatic hydroxyl groups excluding tert-OH is 7. The number of unbranched alkanes of at least 4 members (excludes halogenated alkanes) is 28. The normalized spacial score (nSPS) is 21.8. The number of allylic oxidation sites excluding steroid dienone is 1. The van der Waals surface area contributed by atoms with E-state index in [0.29, 0.717) is 6.42 Å². The highest BCUT2D eigenvalue weighted by molar-refractivity contribution is 5.80. The predicted molar refractivity (Wildman–Crippen MR) is 238 cm³/mol. The molecular formula is C48H93NO10. The third-order valence-electron chi connectivity index (χ3n) is 12.1. The first-order chi connectivity index (χ1) is 28.7. The summed E-state index contributed by atoms with van der Waals surface area (Å²) in [6.45, 7) is 3.41. The Morgan fingerprint density at radius 3 is 1.46 bits per heavy atom. The molecule has 0 unspecified atom stereocenters. The zero-order valence-corrected chi connectivity index (χ0v) is 37.7. The van der Waals surface area contributed by atoms with Crippen LogP contribution in [0.2, 0.25) is 0 Å². The van der Waals surface area contributed by atoms with Gasteiger partial charge in [-0.05, 0) is 25.7 Å². The van der Waals surface area contributed by atoms with Crippen molar-refractivity contribution in [3.8, 4) is 0 Å². The van der Waals surface area contributed by atoms with E-state index in [4.69, 9.17) is 9.47 Å². The molecule has 11 heteroatoms. The van der Waals surface area contributed by atoms with Gasteiger partial charge in [0.1, 0.15) is 36.6 Å². The average Bonchev–Trinajstić information content (AvgIpc) is 3.23. The summed E-state index contributed by atoms with van der Waals surface area (Å²) >= 11 is 0. The highest BCUT2D eigenvalue weighted by Crippen LogP contribution is 2.23. The molecule has 0 bridgehead atoms. The zero-order chi connectivity index (χ0) is 43.4. The van der Waals surface area contributed by atoms with Gasteiger partial charge in [-0.25, -0.2) is 0 Å². The molecule has 0 radical (unpaired) electrons. The van der Waals surface area contributed by atoms with Crippen molar-refractivity contribution in [2.75, 3.05) is 13.2 Å². The van der Waals surface area contributed by atoms with Crippen LogP contribution in [0.15, 0.2) is 12.2 Å². The van der Waals surface area contributed by atoms with Crippen molar-refractivity contribution in [3.05, 3.63) is 12.2 Å². The molecule has 1 amide bonds. The number of hydrogen-bond acceptors (Lipinski definition) is 10. The molecule has 1 rings (SSSR count). The second-order valence-corrected chi connectivity index (χ2v) is 17.5. The van der Waals surface area contributed by atoms with Gasteiger partial charge in [0, 0.05) is 0 Å². The van der Waals surface area contributed by atoms with Crippen LogP contribution in [0.25, 0.3) is 0 Å². The van der Waals surface area contributed by atoms with E-state index in [-0.39, 0.29) is 12.8 Å². The Balaban J connectivity index is 2.39. The lowest BCUT2D eigenvalue weighted by Gasteiger charge is -2.40. The molecule has 0 saturated carbocycles. The number of carbonyl (C=O) groups excluding carboxylic acids is 1. The van der Waals surface area contributed by atoms with Gasteiger partial charge in [0.15, 0.2) is 6.29 Å². The van der Waals surface area contributed by atoms with Crippen LogP contribution < -0.4 is 5.32 Å². The summed E-state index contributed by atoms with van der Waals surface area (Å²) in [5.41, 5.74) is 0. The number of aliphatic hydroxyl groups is 7. The van der Waals surface area contributed by atoms with E-state index in [9.17, 15) is 40.5 Å². The van der Waals surface area contributed by atoms with Crippen LogP contribution in [0, 0.1) is 0 Å². The molecule has 0 aromatic carbocycles. The average molecular weight is 844 g/mol. The Kier molecular flexibility index (Phi) is 36.5. The fraction of sp³-hybridized carbons (Fsp3) is 0.938. The summed E-state index contributed by atoms with van der Waals surface area (Å²) in [5, 5.41) is 75.6. The number of nitrogens with one attached hydrogen (secondary N) is 1. The van der Waals surface area contributed by atoms with Crippen molar-refractivity contribution in [1.82, 2.24) is 5.32 Å². The Labute approximate surface area is 360 Å². The standard InChI is InChI=1S/C48H93NO10/c1-3-5-7-9-11-13-15-17-18-19-20-21-22-23-24-26-28-30-32-34-36-41(52)47(57)49-39(38-58-48-46(56)45(55)44(54)42(37-50)59-48)43(53)40(51)35-33-31-29-27-25-16-14-12-10-8-6-4-2/h31,33,39-46,48,50-56H,3-30,32,34-38H2,1-2H3,(H,49,57)/b33-31+/t39-,40+,41+,42+,43-,44-,45-,46+,48+/m0/s1. The number of hydrogen-bond donors (Lipinski definition) is 8. The lowest BCUT2D eigenvalue weighted by Crippen LogP contribution is -2.60. The van der Waals surface area contributed by atoms with Crippen LogP contribution in [0.1, 0.15) is 219 Å². The first-order valence-corrected chi connectivity index (χ1v) is 24.6. The van der Waals surface area contributed by atoms with Gasteiger partial charge >= 0.3 is 0 Å². The summed E-state index contributed by atoms with van der Waals surface area (Å²) in [5.74, 6) is -0.711. The SMILES string of the molecule is CCCCCCCCCCC/C=C/C[C@@H](O)[C@@H](O)[C@H](CO[C@@H]1O[C@H](CO)[C@H](O)[C@H](O)[C@H]1O)NC(=O)[C@H](O)CCCCCCCCCCCCCCCCCCCCCC. The van der Waals surface area contributed by atoms with Gasteiger partial charge in [0.25, 0.3) is 0 Å². The third-order valence-corrected chi connectivity index (χ3v) is 12.1. The monoisotopic (exact) mass is 844 g/mol. The summed E-state index contributed by atoms with van der Waals surface area (Å²) in [4.78, 5) is 13.1. The van der Waals surface area contributed by atoms with E-state index in [1.54, 1.807) is 0 Å². The van der Waals surface area contributed by atoms with E-state index in [0.717, 1.165) is 38.5 Å². The summed E-state index contributed by atoms with van der Waals surface area (Å²) in [7, 11) is 0. The largest absolute Gasteiger partial charge is 0.394 e. The minimum atomic E-state index is -1.67. The molecule has 11 nitrogen and oxygen atoms in total. The van der Waals surface area contributed by atoms with Gasteiger partial charge in [0.2, 0.25) is 5.91 Å². The van der Waals surface area contributed by atoms with E-state index in [1.165, 1.54) is 148 Å². The Bertz CT molecular complexity index is 970. The van der Waals surface area contributed by atoms with E-state index in [1.807, 2.05) is 12.2 Å². The molecule has 1 fully saturated rings. The minimum Gasteiger partial charge on any atom is -0.394 e. The van der Waals surface area contributed by atoms with Gasteiger partial charge in [-0.3, -0.25) is 4.79 Å². The molecule has 0 aromatic heterocycles. The Morgan fingerprint density at radius 2 is 1.02 bits per heavy atom. The molecule has 0 aliphatic carbocycles. The number of ether oxygens (including phenoxy) is 2. The maximum absolute atomic E-state index is 13.1. The predicted octanol–water partition coefficient (Wildman–Crippen LogP) is 8.45. The molecular weight excluding hydrogens is 751 g/mol. The highest BCUT2D eigenvalue weighted by Gasteiger charge is 2.44. The topological polar surface area (TPSA) is 189 Å². The maximum atomic E-state index is 13.1. The van der Waals surface area contributed by atoms with Crippen LogP contribution >= 0.6 is 0 Å². The first kappa shape index (κ1) is 55.9. The third kappa shape index (κ3) is 28.2. The molecule has 0 spiro atoms. The lowest BCUT2D eigenvalue weighted by atomic mass is 9.99. The van der Waals surface area contributed by atoms with E-state index < -0.39 is 74.2 Å². The molecule has 0 aromatic rings. The van der Waals surface area contributed by atoms with Crippen LogP contribution in [0.4, 0.5) is 0 Å². The number of rotatable bonds is 41. The molecule has 350 valence electrons. The summed E-state index contributed by atoms with van der Waals surface area (Å²) in [6, 6.07) is -1.19. The molecule has 1 aliphatic rings. The van der Waals surface area contributed by atoms with Crippen molar-refractivity contribution in [1.29, 1.82) is 0 Å². The quantitative estimate of drug-likeness (QED) is 0.0219. The summed E-state index contributed by atoms with van der Waals surface area (Å²) in [6.07, 6.45) is 29.9. The molecule has 59 heavy (non-hydrogen) atoms. The fourth-order valence-electron chi connectivity index (χ4n) is 7.97. The fourth-order valence-corrected chi connectivity index (χ4v) is 7.97. The summed E-state index contributed by atoms with van der Waals surface area (Å²) < 4.78 is 11.1. The first-order valence-electron chi connectivity index (χ1n) is 24.6. The van der Waals surface area contributed by atoms with Crippen molar-refractivity contribution in [2.24, 2.45) is 0 Å². The van der Waals surface area contributed by atoms with Crippen LogP contribution in [-0.2, 0) is 14.3 Å². The van der Waals surface area contributed by atoms with Crippen molar-refractivity contribution < 1.29 is 50.0 Å². The minimum absolute atomic E-state index is 0.132. The van der Waals surface area contributed by atoms with Gasteiger partial charge in [-0.15, -0.1) is 0 Å².